The van der Waals surface area contributed by atoms with Gasteiger partial charge in [0.1, 0.15) is 0 Å². The summed E-state index contributed by atoms with van der Waals surface area (Å²) in [6.07, 6.45) is 5.50. The lowest BCUT2D eigenvalue weighted by atomic mass is 9.63. The van der Waals surface area contributed by atoms with Crippen molar-refractivity contribution in [3.8, 4) is 0 Å². The molecule has 3 rings (SSSR count). The van der Waals surface area contributed by atoms with Crippen LogP contribution in [0.2, 0.25) is 0 Å². The topological polar surface area (TPSA) is 29.5 Å². The van der Waals surface area contributed by atoms with Crippen LogP contribution in [0.4, 0.5) is 0 Å². The van der Waals surface area contributed by atoms with Crippen LogP contribution in [0, 0.1) is 0 Å². The van der Waals surface area contributed by atoms with Crippen molar-refractivity contribution in [2.24, 2.45) is 0 Å². The highest BCUT2D eigenvalue weighted by Gasteiger charge is 2.47. The van der Waals surface area contributed by atoms with E-state index in [1.165, 1.54) is 0 Å². The molecule has 1 atom stereocenters. The van der Waals surface area contributed by atoms with Crippen LogP contribution < -0.4 is 0 Å². The molecule has 0 radical (unpaired) electrons. The van der Waals surface area contributed by atoms with Gasteiger partial charge < -0.3 is 9.64 Å². The number of likely N-dealkylation sites (N-methyl/N-ethyl adjacent to an activating group) is 1. The van der Waals surface area contributed by atoms with Gasteiger partial charge in [-0.2, -0.15) is 0 Å². The maximum atomic E-state index is 13.2. The van der Waals surface area contributed by atoms with Gasteiger partial charge in [-0.25, -0.2) is 0 Å². The SMILES string of the molecule is CCN(CC1CCCO1)C(=O)C1(c2ccc(Br)cc2)CCC1. The van der Waals surface area contributed by atoms with Gasteiger partial charge in [0.15, 0.2) is 0 Å². The molecule has 1 unspecified atom stereocenters. The van der Waals surface area contributed by atoms with Crippen LogP contribution in [-0.2, 0) is 14.9 Å². The molecule has 1 aliphatic carbocycles. The predicted octanol–water partition coefficient (Wildman–Crippen LogP) is 3.90. The van der Waals surface area contributed by atoms with E-state index in [1.807, 2.05) is 17.0 Å². The minimum atomic E-state index is -0.296. The fraction of sp³-hybridized carbons (Fsp3) is 0.611. The fourth-order valence-corrected chi connectivity index (χ4v) is 3.88. The lowest BCUT2D eigenvalue weighted by Crippen LogP contribution is -2.52. The Morgan fingerprint density at radius 2 is 2.05 bits per heavy atom. The van der Waals surface area contributed by atoms with Crippen LogP contribution in [-0.4, -0.2) is 36.6 Å². The van der Waals surface area contributed by atoms with E-state index in [2.05, 4.69) is 35.0 Å². The van der Waals surface area contributed by atoms with E-state index in [0.29, 0.717) is 5.91 Å². The Morgan fingerprint density at radius 1 is 1.32 bits per heavy atom. The molecule has 0 bridgehead atoms. The Morgan fingerprint density at radius 3 is 2.55 bits per heavy atom. The second-order valence-electron chi connectivity index (χ2n) is 6.42. The summed E-state index contributed by atoms with van der Waals surface area (Å²) in [4.78, 5) is 15.2. The van der Waals surface area contributed by atoms with E-state index < -0.39 is 0 Å². The van der Waals surface area contributed by atoms with Crippen molar-refractivity contribution in [3.63, 3.8) is 0 Å². The summed E-state index contributed by atoms with van der Waals surface area (Å²) in [6.45, 7) is 4.42. The first-order valence-corrected chi connectivity index (χ1v) is 9.12. The zero-order valence-corrected chi connectivity index (χ0v) is 14.8. The van der Waals surface area contributed by atoms with E-state index in [0.717, 1.165) is 61.8 Å². The van der Waals surface area contributed by atoms with E-state index >= 15 is 0 Å². The summed E-state index contributed by atoms with van der Waals surface area (Å²) in [5.74, 6) is 0.291. The number of hydrogen-bond acceptors (Lipinski definition) is 2. The number of carbonyl (C=O) groups is 1. The number of hydrogen-bond donors (Lipinski definition) is 0. The fourth-order valence-electron chi connectivity index (χ4n) is 3.62. The van der Waals surface area contributed by atoms with Crippen molar-refractivity contribution in [2.75, 3.05) is 19.7 Å². The third kappa shape index (κ3) is 2.95. The number of benzene rings is 1. The van der Waals surface area contributed by atoms with Crippen molar-refractivity contribution >= 4 is 21.8 Å². The van der Waals surface area contributed by atoms with Gasteiger partial charge in [-0.3, -0.25) is 4.79 Å². The van der Waals surface area contributed by atoms with Crippen molar-refractivity contribution in [3.05, 3.63) is 34.3 Å². The molecule has 1 aromatic rings. The number of carbonyl (C=O) groups excluding carboxylic acids is 1. The Kier molecular flexibility index (Phi) is 4.88. The molecular formula is C18H24BrNO2. The number of halogens is 1. The van der Waals surface area contributed by atoms with Crippen molar-refractivity contribution in [2.45, 2.75) is 50.5 Å². The molecule has 0 N–H and O–H groups in total. The smallest absolute Gasteiger partial charge is 0.233 e. The second kappa shape index (κ2) is 6.71. The maximum Gasteiger partial charge on any atom is 0.233 e. The first kappa shape index (κ1) is 16.0. The molecule has 2 aliphatic rings. The summed E-state index contributed by atoms with van der Waals surface area (Å²) in [6, 6.07) is 8.28. The van der Waals surface area contributed by atoms with Crippen LogP contribution in [0.1, 0.15) is 44.6 Å². The summed E-state index contributed by atoms with van der Waals surface area (Å²) in [5.41, 5.74) is 0.868. The van der Waals surface area contributed by atoms with Crippen molar-refractivity contribution < 1.29 is 9.53 Å². The van der Waals surface area contributed by atoms with Gasteiger partial charge in [-0.1, -0.05) is 34.5 Å². The van der Waals surface area contributed by atoms with Gasteiger partial charge in [-0.05, 0) is 50.3 Å². The summed E-state index contributed by atoms with van der Waals surface area (Å²) in [5, 5.41) is 0. The van der Waals surface area contributed by atoms with Crippen LogP contribution >= 0.6 is 15.9 Å². The predicted molar refractivity (Wildman–Crippen MR) is 90.9 cm³/mol. The standard InChI is InChI=1S/C18H24BrNO2/c1-2-20(13-16-5-3-12-22-16)17(21)18(10-4-11-18)14-6-8-15(19)9-7-14/h6-9,16H,2-5,10-13H2,1H3. The molecule has 22 heavy (non-hydrogen) atoms. The molecule has 0 spiro atoms. The molecule has 120 valence electrons. The zero-order chi connectivity index (χ0) is 15.6. The largest absolute Gasteiger partial charge is 0.376 e. The van der Waals surface area contributed by atoms with Gasteiger partial charge in [-0.15, -0.1) is 0 Å². The monoisotopic (exact) mass is 365 g/mol. The van der Waals surface area contributed by atoms with Gasteiger partial charge in [0.05, 0.1) is 11.5 Å². The van der Waals surface area contributed by atoms with Crippen molar-refractivity contribution in [1.29, 1.82) is 0 Å². The Hall–Kier alpha value is -0.870. The van der Waals surface area contributed by atoms with Crippen LogP contribution in [0.3, 0.4) is 0 Å². The molecule has 4 heteroatoms. The number of ether oxygens (including phenoxy) is 1. The molecule has 1 saturated carbocycles. The number of rotatable bonds is 5. The second-order valence-corrected chi connectivity index (χ2v) is 7.34. The van der Waals surface area contributed by atoms with Crippen LogP contribution in [0.5, 0.6) is 0 Å². The molecular weight excluding hydrogens is 342 g/mol. The summed E-state index contributed by atoms with van der Waals surface area (Å²) < 4.78 is 6.78. The van der Waals surface area contributed by atoms with Crippen LogP contribution in [0.25, 0.3) is 0 Å². The van der Waals surface area contributed by atoms with Gasteiger partial charge >= 0.3 is 0 Å². The first-order valence-electron chi connectivity index (χ1n) is 8.33. The van der Waals surface area contributed by atoms with Gasteiger partial charge in [0, 0.05) is 24.2 Å². The Labute approximate surface area is 141 Å². The third-order valence-electron chi connectivity index (χ3n) is 5.13. The van der Waals surface area contributed by atoms with Crippen molar-refractivity contribution in [1.82, 2.24) is 4.90 Å². The molecule has 1 aliphatic heterocycles. The quantitative estimate of drug-likeness (QED) is 0.791. The average Bonchev–Trinajstić information content (AvgIpc) is 2.98. The third-order valence-corrected chi connectivity index (χ3v) is 5.66. The summed E-state index contributed by atoms with van der Waals surface area (Å²) >= 11 is 3.48. The molecule has 1 heterocycles. The lowest BCUT2D eigenvalue weighted by molar-refractivity contribution is -0.142. The molecule has 1 amide bonds. The summed E-state index contributed by atoms with van der Waals surface area (Å²) in [7, 11) is 0. The van der Waals surface area contributed by atoms with E-state index in [-0.39, 0.29) is 11.5 Å². The van der Waals surface area contributed by atoms with Gasteiger partial charge in [0.25, 0.3) is 0 Å². The minimum absolute atomic E-state index is 0.228. The highest BCUT2D eigenvalue weighted by atomic mass is 79.9. The molecule has 2 fully saturated rings. The minimum Gasteiger partial charge on any atom is -0.376 e. The lowest BCUT2D eigenvalue weighted by Gasteiger charge is -2.44. The zero-order valence-electron chi connectivity index (χ0n) is 13.2. The normalized spacial score (nSPS) is 23.1. The van der Waals surface area contributed by atoms with E-state index in [9.17, 15) is 4.79 Å². The molecule has 1 aromatic carbocycles. The Bertz CT molecular complexity index is 518. The molecule has 1 saturated heterocycles. The van der Waals surface area contributed by atoms with E-state index in [1.54, 1.807) is 0 Å². The first-order chi connectivity index (χ1) is 10.7. The highest BCUT2D eigenvalue weighted by Crippen LogP contribution is 2.45. The number of nitrogens with zero attached hydrogens (tertiary/aromatic N) is 1. The average molecular weight is 366 g/mol. The molecule has 0 aromatic heterocycles. The van der Waals surface area contributed by atoms with Crippen LogP contribution in [0.15, 0.2) is 28.7 Å². The number of amides is 1. The van der Waals surface area contributed by atoms with E-state index in [4.69, 9.17) is 4.74 Å². The van der Waals surface area contributed by atoms with Gasteiger partial charge in [0.2, 0.25) is 5.91 Å². The highest BCUT2D eigenvalue weighted by molar-refractivity contribution is 9.10. The molecule has 3 nitrogen and oxygen atoms in total. The Balaban J connectivity index is 1.78. The maximum absolute atomic E-state index is 13.2.